The summed E-state index contributed by atoms with van der Waals surface area (Å²) in [6.07, 6.45) is -1.08. The summed E-state index contributed by atoms with van der Waals surface area (Å²) in [5, 5.41) is 2.66. The molecule has 0 heterocycles. The average Bonchev–Trinajstić information content (AvgIpc) is 2.76. The van der Waals surface area contributed by atoms with Crippen LogP contribution in [0.1, 0.15) is 28.4 Å². The fourth-order valence-electron chi connectivity index (χ4n) is 2.84. The van der Waals surface area contributed by atoms with Crippen molar-refractivity contribution in [2.45, 2.75) is 31.8 Å². The predicted molar refractivity (Wildman–Crippen MR) is 123 cm³/mol. The standard InChI is InChI=1S/C24H23FN2O5S/c1-15-4-10-20(11-5-15)26-23(28)17(3)32-24(29)18-7-6-16(2)22(14-18)27-33(30,31)21-12-8-19(25)9-13-21/h4-14,17,27H,1-3H3,(H,26,28). The Morgan fingerprint density at radius 2 is 1.58 bits per heavy atom. The summed E-state index contributed by atoms with van der Waals surface area (Å²) in [6, 6.07) is 15.9. The molecule has 3 aromatic rings. The van der Waals surface area contributed by atoms with E-state index in [1.54, 1.807) is 25.1 Å². The van der Waals surface area contributed by atoms with Crippen molar-refractivity contribution in [1.29, 1.82) is 0 Å². The van der Waals surface area contributed by atoms with Gasteiger partial charge < -0.3 is 10.1 Å². The molecule has 0 bridgehead atoms. The van der Waals surface area contributed by atoms with Gasteiger partial charge in [-0.3, -0.25) is 9.52 Å². The van der Waals surface area contributed by atoms with E-state index in [2.05, 4.69) is 10.0 Å². The third-order valence-corrected chi connectivity index (χ3v) is 6.20. The summed E-state index contributed by atoms with van der Waals surface area (Å²) in [7, 11) is -4.00. The second-order valence-electron chi connectivity index (χ2n) is 7.49. The molecule has 3 aromatic carbocycles. The summed E-state index contributed by atoms with van der Waals surface area (Å²) in [6.45, 7) is 5.02. The van der Waals surface area contributed by atoms with Crippen LogP contribution in [-0.2, 0) is 19.6 Å². The molecule has 0 saturated carbocycles. The van der Waals surface area contributed by atoms with E-state index < -0.39 is 33.8 Å². The van der Waals surface area contributed by atoms with Gasteiger partial charge in [-0.25, -0.2) is 17.6 Å². The molecule has 0 spiro atoms. The number of rotatable bonds is 7. The van der Waals surface area contributed by atoms with E-state index >= 15 is 0 Å². The molecule has 3 rings (SSSR count). The number of hydrogen-bond donors (Lipinski definition) is 2. The molecule has 0 aliphatic carbocycles. The van der Waals surface area contributed by atoms with E-state index in [0.717, 1.165) is 29.8 Å². The van der Waals surface area contributed by atoms with Crippen LogP contribution in [0.5, 0.6) is 0 Å². The number of carbonyl (C=O) groups excluding carboxylic acids is 2. The Bertz CT molecular complexity index is 1270. The number of esters is 1. The molecule has 7 nitrogen and oxygen atoms in total. The highest BCUT2D eigenvalue weighted by Crippen LogP contribution is 2.22. The van der Waals surface area contributed by atoms with Gasteiger partial charge in [-0.05, 0) is 74.9 Å². The minimum absolute atomic E-state index is 0.0624. The maximum atomic E-state index is 13.1. The van der Waals surface area contributed by atoms with E-state index in [1.165, 1.54) is 19.1 Å². The van der Waals surface area contributed by atoms with Crippen LogP contribution < -0.4 is 10.0 Å². The molecular formula is C24H23FN2O5S. The van der Waals surface area contributed by atoms with Gasteiger partial charge in [0.2, 0.25) is 0 Å². The number of carbonyl (C=O) groups is 2. The fraction of sp³-hybridized carbons (Fsp3) is 0.167. The van der Waals surface area contributed by atoms with Gasteiger partial charge in [0.15, 0.2) is 6.10 Å². The summed E-state index contributed by atoms with van der Waals surface area (Å²) >= 11 is 0. The Kier molecular flexibility index (Phi) is 7.13. The van der Waals surface area contributed by atoms with Gasteiger partial charge in [-0.1, -0.05) is 23.8 Å². The number of anilines is 2. The molecule has 33 heavy (non-hydrogen) atoms. The molecule has 1 atom stereocenters. The number of hydrogen-bond acceptors (Lipinski definition) is 5. The number of aryl methyl sites for hydroxylation is 2. The lowest BCUT2D eigenvalue weighted by atomic mass is 10.1. The monoisotopic (exact) mass is 470 g/mol. The molecule has 172 valence electrons. The smallest absolute Gasteiger partial charge is 0.338 e. The van der Waals surface area contributed by atoms with Gasteiger partial charge in [0, 0.05) is 5.69 Å². The number of benzene rings is 3. The second kappa shape index (κ2) is 9.83. The Morgan fingerprint density at radius 1 is 0.939 bits per heavy atom. The first-order valence-electron chi connectivity index (χ1n) is 10.0. The van der Waals surface area contributed by atoms with Gasteiger partial charge in [-0.2, -0.15) is 0 Å². The number of sulfonamides is 1. The van der Waals surface area contributed by atoms with Crippen molar-refractivity contribution in [2.24, 2.45) is 0 Å². The van der Waals surface area contributed by atoms with Crippen molar-refractivity contribution in [3.63, 3.8) is 0 Å². The fourth-order valence-corrected chi connectivity index (χ4v) is 3.96. The molecule has 0 radical (unpaired) electrons. The van der Waals surface area contributed by atoms with Crippen molar-refractivity contribution in [2.75, 3.05) is 10.0 Å². The molecule has 0 aliphatic rings. The van der Waals surface area contributed by atoms with Crippen LogP contribution in [0.3, 0.4) is 0 Å². The van der Waals surface area contributed by atoms with Gasteiger partial charge in [0.05, 0.1) is 16.1 Å². The number of ether oxygens (including phenoxy) is 1. The van der Waals surface area contributed by atoms with E-state index in [9.17, 15) is 22.4 Å². The SMILES string of the molecule is Cc1ccc(NC(=O)C(C)OC(=O)c2ccc(C)c(NS(=O)(=O)c3ccc(F)cc3)c2)cc1. The summed E-state index contributed by atoms with van der Waals surface area (Å²) in [5.41, 5.74) is 2.39. The first-order valence-corrected chi connectivity index (χ1v) is 11.5. The third-order valence-electron chi connectivity index (χ3n) is 4.81. The van der Waals surface area contributed by atoms with Crippen LogP contribution >= 0.6 is 0 Å². The van der Waals surface area contributed by atoms with Crippen molar-refractivity contribution < 1.29 is 27.1 Å². The maximum absolute atomic E-state index is 13.1. The zero-order valence-electron chi connectivity index (χ0n) is 18.3. The lowest BCUT2D eigenvalue weighted by Crippen LogP contribution is -2.30. The van der Waals surface area contributed by atoms with Crippen molar-refractivity contribution in [3.8, 4) is 0 Å². The molecule has 0 fully saturated rings. The topological polar surface area (TPSA) is 102 Å². The lowest BCUT2D eigenvalue weighted by molar-refractivity contribution is -0.123. The average molecular weight is 471 g/mol. The largest absolute Gasteiger partial charge is 0.449 e. The second-order valence-corrected chi connectivity index (χ2v) is 9.17. The van der Waals surface area contributed by atoms with Crippen molar-refractivity contribution in [1.82, 2.24) is 0 Å². The summed E-state index contributed by atoms with van der Waals surface area (Å²) in [5.74, 6) is -1.85. The van der Waals surface area contributed by atoms with Gasteiger partial charge in [0.25, 0.3) is 15.9 Å². The minimum atomic E-state index is -4.00. The van der Waals surface area contributed by atoms with Crippen molar-refractivity contribution in [3.05, 3.63) is 89.2 Å². The zero-order chi connectivity index (χ0) is 24.2. The van der Waals surface area contributed by atoms with Crippen LogP contribution in [0, 0.1) is 19.7 Å². The third kappa shape index (κ3) is 6.17. The van der Waals surface area contributed by atoms with E-state index in [4.69, 9.17) is 4.74 Å². The van der Waals surface area contributed by atoms with Gasteiger partial charge in [0.1, 0.15) is 5.82 Å². The first kappa shape index (κ1) is 23.9. The summed E-state index contributed by atoms with van der Waals surface area (Å²) in [4.78, 5) is 24.8. The van der Waals surface area contributed by atoms with Crippen LogP contribution in [0.4, 0.5) is 15.8 Å². The van der Waals surface area contributed by atoms with Crippen LogP contribution in [0.15, 0.2) is 71.6 Å². The molecule has 0 aliphatic heterocycles. The number of nitrogens with one attached hydrogen (secondary N) is 2. The van der Waals surface area contributed by atoms with E-state index in [-0.39, 0.29) is 16.1 Å². The Morgan fingerprint density at radius 3 is 2.21 bits per heavy atom. The quantitative estimate of drug-likeness (QED) is 0.498. The molecule has 0 aromatic heterocycles. The van der Waals surface area contributed by atoms with Gasteiger partial charge >= 0.3 is 5.97 Å². The lowest BCUT2D eigenvalue weighted by Gasteiger charge is -2.15. The normalized spacial score (nSPS) is 12.0. The van der Waals surface area contributed by atoms with Crippen LogP contribution in [0.25, 0.3) is 0 Å². The highest BCUT2D eigenvalue weighted by molar-refractivity contribution is 7.92. The van der Waals surface area contributed by atoms with Gasteiger partial charge in [-0.15, -0.1) is 0 Å². The van der Waals surface area contributed by atoms with E-state index in [0.29, 0.717) is 11.3 Å². The Hall–Kier alpha value is -3.72. The van der Waals surface area contributed by atoms with Crippen molar-refractivity contribution >= 4 is 33.3 Å². The number of halogens is 1. The Labute approximate surface area is 191 Å². The summed E-state index contributed by atoms with van der Waals surface area (Å²) < 4.78 is 46.0. The molecule has 0 saturated heterocycles. The number of amides is 1. The zero-order valence-corrected chi connectivity index (χ0v) is 19.1. The Balaban J connectivity index is 1.71. The highest BCUT2D eigenvalue weighted by atomic mass is 32.2. The van der Waals surface area contributed by atoms with Crippen LogP contribution in [-0.4, -0.2) is 26.4 Å². The molecule has 1 unspecified atom stereocenters. The molecule has 1 amide bonds. The van der Waals surface area contributed by atoms with E-state index in [1.807, 2.05) is 19.1 Å². The minimum Gasteiger partial charge on any atom is -0.449 e. The van der Waals surface area contributed by atoms with Crippen LogP contribution in [0.2, 0.25) is 0 Å². The molecule has 2 N–H and O–H groups in total. The molecular weight excluding hydrogens is 447 g/mol. The predicted octanol–water partition coefficient (Wildman–Crippen LogP) is 4.43. The highest BCUT2D eigenvalue weighted by Gasteiger charge is 2.21. The molecule has 9 heteroatoms. The first-order chi connectivity index (χ1) is 15.5. The maximum Gasteiger partial charge on any atom is 0.338 e.